The summed E-state index contributed by atoms with van der Waals surface area (Å²) in [6, 6.07) is 13.0. The predicted molar refractivity (Wildman–Crippen MR) is 165 cm³/mol. The highest BCUT2D eigenvalue weighted by atomic mass is 28.4. The lowest BCUT2D eigenvalue weighted by atomic mass is 9.54. The van der Waals surface area contributed by atoms with Crippen molar-refractivity contribution in [1.29, 1.82) is 5.26 Å². The van der Waals surface area contributed by atoms with Crippen LogP contribution in [0.5, 0.6) is 0 Å². The molecule has 2 amide bonds. The fourth-order valence-electron chi connectivity index (χ4n) is 7.24. The number of nitriles is 1. The summed E-state index contributed by atoms with van der Waals surface area (Å²) in [5.41, 5.74) is -6.67. The smallest absolute Gasteiger partial charge is 0.417 e. The molecule has 3 fully saturated rings. The lowest BCUT2D eigenvalue weighted by molar-refractivity contribution is -0.175. The third-order valence-electron chi connectivity index (χ3n) is 10.8. The van der Waals surface area contributed by atoms with Crippen molar-refractivity contribution in [3.8, 4) is 6.07 Å². The number of anilines is 1. The highest BCUT2D eigenvalue weighted by molar-refractivity contribution is 6.74. The van der Waals surface area contributed by atoms with E-state index in [1.54, 1.807) is 37.3 Å². The Morgan fingerprint density at radius 2 is 1.78 bits per heavy atom. The van der Waals surface area contributed by atoms with Crippen molar-refractivity contribution < 1.29 is 41.5 Å². The van der Waals surface area contributed by atoms with Gasteiger partial charge in [-0.15, -0.1) is 0 Å². The van der Waals surface area contributed by atoms with Crippen LogP contribution in [0.2, 0.25) is 18.1 Å². The molecule has 2 bridgehead atoms. The number of fused-ring (bicyclic) bond motifs is 5. The van der Waals surface area contributed by atoms with E-state index in [0.29, 0.717) is 23.0 Å². The summed E-state index contributed by atoms with van der Waals surface area (Å²) in [5.74, 6) is -4.58. The zero-order valence-corrected chi connectivity index (χ0v) is 28.1. The molecule has 0 unspecified atom stereocenters. The highest BCUT2D eigenvalue weighted by Gasteiger charge is 2.87. The van der Waals surface area contributed by atoms with Gasteiger partial charge >= 0.3 is 12.1 Å². The SMILES string of the molecule is C[C@@H]1C[C@]2(CCO[Si](C)(C)C(C)(C)C)O[C@@]1(C)[C@@]1(C(=O)OCc3ccccc3)C(=O)N(c3ccc(C#N)c(C(F)(F)F)c3)C(=O)[C@@H]21. The maximum Gasteiger partial charge on any atom is 0.417 e. The van der Waals surface area contributed by atoms with Gasteiger partial charge in [0, 0.05) is 6.61 Å². The first-order valence-electron chi connectivity index (χ1n) is 15.3. The quantitative estimate of drug-likeness (QED) is 0.134. The fourth-order valence-corrected chi connectivity index (χ4v) is 8.29. The molecule has 2 aromatic rings. The molecular formula is C34H39F3N2O6Si. The summed E-state index contributed by atoms with van der Waals surface area (Å²) in [5, 5.41) is 9.21. The van der Waals surface area contributed by atoms with Crippen LogP contribution < -0.4 is 4.90 Å². The molecule has 8 nitrogen and oxygen atoms in total. The van der Waals surface area contributed by atoms with E-state index in [4.69, 9.17) is 13.9 Å². The molecular weight excluding hydrogens is 617 g/mol. The monoisotopic (exact) mass is 656 g/mol. The second-order valence-electron chi connectivity index (χ2n) is 14.4. The number of benzene rings is 2. The van der Waals surface area contributed by atoms with Crippen molar-refractivity contribution >= 4 is 31.8 Å². The summed E-state index contributed by atoms with van der Waals surface area (Å²) in [7, 11) is -2.24. The summed E-state index contributed by atoms with van der Waals surface area (Å²) in [6.45, 7) is 13.9. The fraction of sp³-hybridized carbons (Fsp3) is 0.529. The molecule has 0 N–H and O–H groups in total. The lowest BCUT2D eigenvalue weighted by Gasteiger charge is -2.42. The average Bonchev–Trinajstić information content (AvgIpc) is 3.48. The molecule has 0 spiro atoms. The van der Waals surface area contributed by atoms with Crippen LogP contribution in [0.25, 0.3) is 0 Å². The standard InChI is InChI=1S/C34H39F3N2O6Si/c1-21-18-32(15-16-44-46(6,7)30(2,3)4)26-27(40)39(24-14-13-23(19-38)25(17-24)34(35,36)37)28(41)33(26,31(21,5)45-32)29(42)43-20-22-11-9-8-10-12-22/h8-14,17,21,26H,15-16,18,20H2,1-7H3/t21-,26+,31-,32+,33-/m1/s1. The third-order valence-corrected chi connectivity index (χ3v) is 15.3. The van der Waals surface area contributed by atoms with Crippen LogP contribution in [-0.4, -0.2) is 43.9 Å². The Labute approximate surface area is 267 Å². The molecule has 3 aliphatic rings. The van der Waals surface area contributed by atoms with Crippen LogP contribution in [0.1, 0.15) is 64.2 Å². The normalized spacial score (nSPS) is 29.2. The second kappa shape index (κ2) is 11.0. The molecule has 46 heavy (non-hydrogen) atoms. The molecule has 246 valence electrons. The number of amides is 2. The van der Waals surface area contributed by atoms with Gasteiger partial charge in [-0.05, 0) is 67.6 Å². The van der Waals surface area contributed by atoms with Gasteiger partial charge < -0.3 is 13.9 Å². The first-order valence-corrected chi connectivity index (χ1v) is 18.2. The number of carbonyl (C=O) groups excluding carboxylic acids is 3. The minimum absolute atomic E-state index is 0.106. The van der Waals surface area contributed by atoms with E-state index in [1.165, 1.54) is 6.07 Å². The number of hydrogen-bond donors (Lipinski definition) is 0. The molecule has 12 heteroatoms. The molecule has 0 radical (unpaired) electrons. The summed E-state index contributed by atoms with van der Waals surface area (Å²) in [6.07, 6.45) is -4.41. The molecule has 0 aromatic heterocycles. The minimum Gasteiger partial charge on any atom is -0.460 e. The Balaban J connectivity index is 1.62. The molecule has 2 aromatic carbocycles. The van der Waals surface area contributed by atoms with E-state index >= 15 is 0 Å². The van der Waals surface area contributed by atoms with Gasteiger partial charge in [-0.1, -0.05) is 58.0 Å². The number of nitrogens with zero attached hydrogens (tertiary/aromatic N) is 2. The van der Waals surface area contributed by atoms with E-state index < -0.39 is 71.9 Å². The Bertz CT molecular complexity index is 1620. The Morgan fingerprint density at radius 1 is 1.13 bits per heavy atom. The minimum atomic E-state index is -4.93. The van der Waals surface area contributed by atoms with Crippen LogP contribution in [-0.2, 0) is 41.1 Å². The number of hydrogen-bond acceptors (Lipinski definition) is 7. The van der Waals surface area contributed by atoms with Crippen molar-refractivity contribution in [1.82, 2.24) is 0 Å². The van der Waals surface area contributed by atoms with Gasteiger partial charge in [-0.25, -0.2) is 4.90 Å². The van der Waals surface area contributed by atoms with Gasteiger partial charge in [0.1, 0.15) is 6.61 Å². The van der Waals surface area contributed by atoms with Crippen molar-refractivity contribution in [2.75, 3.05) is 11.5 Å². The van der Waals surface area contributed by atoms with Gasteiger partial charge in [-0.2, -0.15) is 18.4 Å². The second-order valence-corrected chi connectivity index (χ2v) is 19.2. The van der Waals surface area contributed by atoms with E-state index in [9.17, 15) is 32.8 Å². The maximum atomic E-state index is 14.7. The Hall–Kier alpha value is -3.53. The van der Waals surface area contributed by atoms with Crippen LogP contribution in [0.15, 0.2) is 48.5 Å². The average molecular weight is 657 g/mol. The Morgan fingerprint density at radius 3 is 2.37 bits per heavy atom. The van der Waals surface area contributed by atoms with E-state index in [2.05, 4.69) is 33.9 Å². The largest absolute Gasteiger partial charge is 0.460 e. The van der Waals surface area contributed by atoms with Gasteiger partial charge in [-0.3, -0.25) is 14.4 Å². The molecule has 0 aliphatic carbocycles. The zero-order valence-electron chi connectivity index (χ0n) is 27.1. The van der Waals surface area contributed by atoms with Crippen molar-refractivity contribution in [2.24, 2.45) is 17.3 Å². The first kappa shape index (κ1) is 33.8. The van der Waals surface area contributed by atoms with Gasteiger partial charge in [0.25, 0.3) is 5.91 Å². The number of halogens is 3. The van der Waals surface area contributed by atoms with Gasteiger partial charge in [0.15, 0.2) is 13.7 Å². The number of alkyl halides is 3. The van der Waals surface area contributed by atoms with Crippen molar-refractivity contribution in [3.05, 3.63) is 65.2 Å². The number of imide groups is 1. The third kappa shape index (κ3) is 4.90. The van der Waals surface area contributed by atoms with E-state index in [0.717, 1.165) is 12.1 Å². The molecule has 3 aliphatic heterocycles. The summed E-state index contributed by atoms with van der Waals surface area (Å²) in [4.78, 5) is 44.2. The van der Waals surface area contributed by atoms with E-state index in [1.807, 2.05) is 6.92 Å². The molecule has 3 saturated heterocycles. The number of carbonyl (C=O) groups is 3. The number of rotatable bonds is 8. The van der Waals surface area contributed by atoms with Gasteiger partial charge in [0.05, 0.1) is 40.0 Å². The number of ether oxygens (including phenoxy) is 2. The molecule has 5 atom stereocenters. The highest BCUT2D eigenvalue weighted by Crippen LogP contribution is 2.71. The zero-order chi connectivity index (χ0) is 34.1. The van der Waals surface area contributed by atoms with Crippen LogP contribution in [0.3, 0.4) is 0 Å². The lowest BCUT2D eigenvalue weighted by Crippen LogP contribution is -2.61. The molecule has 3 heterocycles. The summed E-state index contributed by atoms with van der Waals surface area (Å²) < 4.78 is 60.8. The van der Waals surface area contributed by atoms with Crippen LogP contribution in [0.4, 0.5) is 18.9 Å². The molecule has 0 saturated carbocycles. The van der Waals surface area contributed by atoms with Crippen LogP contribution >= 0.6 is 0 Å². The van der Waals surface area contributed by atoms with Crippen LogP contribution in [0, 0.1) is 28.6 Å². The van der Waals surface area contributed by atoms with Crippen molar-refractivity contribution in [2.45, 2.75) is 89.6 Å². The molecule has 5 rings (SSSR count). The Kier molecular flexibility index (Phi) is 8.11. The number of esters is 1. The topological polar surface area (TPSA) is 106 Å². The summed E-state index contributed by atoms with van der Waals surface area (Å²) >= 11 is 0. The van der Waals surface area contributed by atoms with Crippen molar-refractivity contribution in [3.63, 3.8) is 0 Å². The van der Waals surface area contributed by atoms with E-state index in [-0.39, 0.29) is 30.4 Å². The van der Waals surface area contributed by atoms with Gasteiger partial charge in [0.2, 0.25) is 5.91 Å². The predicted octanol–water partition coefficient (Wildman–Crippen LogP) is 6.78. The first-order chi connectivity index (χ1) is 21.3. The maximum absolute atomic E-state index is 14.7.